The summed E-state index contributed by atoms with van der Waals surface area (Å²) in [6, 6.07) is 0. The average Bonchev–Trinajstić information content (AvgIpc) is 2.53. The van der Waals surface area contributed by atoms with Gasteiger partial charge < -0.3 is 9.47 Å². The predicted octanol–water partition coefficient (Wildman–Crippen LogP) is 5.45. The van der Waals surface area contributed by atoms with Gasteiger partial charge in [-0.15, -0.1) is 11.8 Å². The summed E-state index contributed by atoms with van der Waals surface area (Å²) in [5.41, 5.74) is 0. The van der Waals surface area contributed by atoms with Crippen molar-refractivity contribution in [3.63, 3.8) is 0 Å². The van der Waals surface area contributed by atoms with E-state index in [2.05, 4.69) is 18.8 Å². The Hall–Kier alpha value is -0.520. The Labute approximate surface area is 132 Å². The van der Waals surface area contributed by atoms with Crippen molar-refractivity contribution in [2.45, 2.75) is 96.7 Å². The minimum atomic E-state index is 0.0880. The van der Waals surface area contributed by atoms with Gasteiger partial charge in [-0.25, -0.2) is 0 Å². The van der Waals surface area contributed by atoms with Crippen LogP contribution in [0.1, 0.15) is 90.4 Å². The molecule has 0 spiro atoms. The molecule has 1 heterocycles. The summed E-state index contributed by atoms with van der Waals surface area (Å²) in [7, 11) is 0. The largest absolute Gasteiger partial charge is 0.353 e. The SMILES string of the molecule is CCCCC#CCCCCCCCCOC1CCCCO1. The molecule has 1 fully saturated rings. The molecule has 0 amide bonds. The Morgan fingerprint density at radius 1 is 0.905 bits per heavy atom. The highest BCUT2D eigenvalue weighted by Crippen LogP contribution is 2.14. The van der Waals surface area contributed by atoms with Gasteiger partial charge in [0.25, 0.3) is 0 Å². The van der Waals surface area contributed by atoms with Crippen molar-refractivity contribution in [1.82, 2.24) is 0 Å². The second-order valence-corrected chi connectivity index (χ2v) is 6.00. The Bertz CT molecular complexity index is 271. The molecule has 1 saturated heterocycles. The van der Waals surface area contributed by atoms with Crippen LogP contribution in [0, 0.1) is 11.8 Å². The van der Waals surface area contributed by atoms with Crippen LogP contribution in [0.15, 0.2) is 0 Å². The molecule has 1 unspecified atom stereocenters. The Kier molecular flexibility index (Phi) is 12.7. The lowest BCUT2D eigenvalue weighted by atomic mass is 10.1. The van der Waals surface area contributed by atoms with Crippen LogP contribution in [0.5, 0.6) is 0 Å². The lowest BCUT2D eigenvalue weighted by Gasteiger charge is -2.22. The van der Waals surface area contributed by atoms with Crippen LogP contribution < -0.4 is 0 Å². The lowest BCUT2D eigenvalue weighted by Crippen LogP contribution is -2.22. The Morgan fingerprint density at radius 3 is 2.33 bits per heavy atom. The lowest BCUT2D eigenvalue weighted by molar-refractivity contribution is -0.162. The third-order valence-electron chi connectivity index (χ3n) is 3.92. The minimum Gasteiger partial charge on any atom is -0.353 e. The molecule has 1 aliphatic heterocycles. The summed E-state index contributed by atoms with van der Waals surface area (Å²) in [4.78, 5) is 0. The third-order valence-corrected chi connectivity index (χ3v) is 3.92. The molecular weight excluding hydrogens is 260 g/mol. The molecule has 21 heavy (non-hydrogen) atoms. The van der Waals surface area contributed by atoms with Gasteiger partial charge in [0.05, 0.1) is 0 Å². The van der Waals surface area contributed by atoms with Crippen molar-refractivity contribution in [1.29, 1.82) is 0 Å². The fourth-order valence-corrected chi connectivity index (χ4v) is 2.52. The van der Waals surface area contributed by atoms with E-state index >= 15 is 0 Å². The molecule has 0 aromatic rings. The first-order valence-electron chi connectivity index (χ1n) is 9.12. The first-order chi connectivity index (χ1) is 10.4. The van der Waals surface area contributed by atoms with E-state index in [1.165, 1.54) is 64.2 Å². The van der Waals surface area contributed by atoms with Crippen molar-refractivity contribution in [2.24, 2.45) is 0 Å². The van der Waals surface area contributed by atoms with E-state index in [9.17, 15) is 0 Å². The molecule has 0 aliphatic carbocycles. The first-order valence-corrected chi connectivity index (χ1v) is 9.12. The van der Waals surface area contributed by atoms with Crippen LogP contribution >= 0.6 is 0 Å². The van der Waals surface area contributed by atoms with Crippen LogP contribution in [0.3, 0.4) is 0 Å². The van der Waals surface area contributed by atoms with Gasteiger partial charge >= 0.3 is 0 Å². The summed E-state index contributed by atoms with van der Waals surface area (Å²) >= 11 is 0. The highest BCUT2D eigenvalue weighted by atomic mass is 16.7. The standard InChI is InChI=1S/C19H34O2/c1-2-3-4-5-6-7-8-9-10-11-12-14-17-20-19-16-13-15-18-21-19/h19H,2-4,7-18H2,1H3. The summed E-state index contributed by atoms with van der Waals surface area (Å²) in [6.45, 7) is 3.97. The summed E-state index contributed by atoms with van der Waals surface area (Å²) < 4.78 is 11.3. The van der Waals surface area contributed by atoms with E-state index in [4.69, 9.17) is 9.47 Å². The third kappa shape index (κ3) is 11.8. The summed E-state index contributed by atoms with van der Waals surface area (Å²) in [6.07, 6.45) is 16.0. The normalized spacial score (nSPS) is 18.2. The Balaban J connectivity index is 1.75. The van der Waals surface area contributed by atoms with Crippen LogP contribution in [0.2, 0.25) is 0 Å². The highest BCUT2D eigenvalue weighted by molar-refractivity contribution is 4.98. The van der Waals surface area contributed by atoms with Gasteiger partial charge in [-0.2, -0.15) is 0 Å². The van der Waals surface area contributed by atoms with Crippen molar-refractivity contribution >= 4 is 0 Å². The summed E-state index contributed by atoms with van der Waals surface area (Å²) in [5.74, 6) is 6.54. The molecular formula is C19H34O2. The van der Waals surface area contributed by atoms with Gasteiger partial charge in [-0.3, -0.25) is 0 Å². The smallest absolute Gasteiger partial charge is 0.157 e. The monoisotopic (exact) mass is 294 g/mol. The maximum absolute atomic E-state index is 5.73. The van der Waals surface area contributed by atoms with Gasteiger partial charge in [0.15, 0.2) is 6.29 Å². The van der Waals surface area contributed by atoms with Crippen LogP contribution in [0.4, 0.5) is 0 Å². The zero-order valence-electron chi connectivity index (χ0n) is 14.0. The van der Waals surface area contributed by atoms with Gasteiger partial charge in [-0.1, -0.05) is 39.0 Å². The molecule has 1 aliphatic rings. The van der Waals surface area contributed by atoms with Gasteiger partial charge in [0.1, 0.15) is 0 Å². The highest BCUT2D eigenvalue weighted by Gasteiger charge is 2.13. The van der Waals surface area contributed by atoms with Gasteiger partial charge in [0.2, 0.25) is 0 Å². The van der Waals surface area contributed by atoms with E-state index < -0.39 is 0 Å². The topological polar surface area (TPSA) is 18.5 Å². The number of hydrogen-bond acceptors (Lipinski definition) is 2. The zero-order chi connectivity index (χ0) is 15.0. The number of unbranched alkanes of at least 4 members (excludes halogenated alkanes) is 8. The van der Waals surface area contributed by atoms with Crippen molar-refractivity contribution < 1.29 is 9.47 Å². The molecule has 0 radical (unpaired) electrons. The maximum atomic E-state index is 5.73. The predicted molar refractivity (Wildman–Crippen MR) is 89.2 cm³/mol. The quantitative estimate of drug-likeness (QED) is 0.372. The molecule has 0 bridgehead atoms. The second kappa shape index (κ2) is 14.4. The molecule has 2 heteroatoms. The first kappa shape index (κ1) is 18.5. The zero-order valence-corrected chi connectivity index (χ0v) is 14.0. The van der Waals surface area contributed by atoms with Crippen molar-refractivity contribution in [2.75, 3.05) is 13.2 Å². The maximum Gasteiger partial charge on any atom is 0.157 e. The van der Waals surface area contributed by atoms with Crippen molar-refractivity contribution in [3.05, 3.63) is 0 Å². The number of ether oxygens (including phenoxy) is 2. The second-order valence-electron chi connectivity index (χ2n) is 6.00. The van der Waals surface area contributed by atoms with Crippen LogP contribution in [-0.2, 0) is 9.47 Å². The molecule has 122 valence electrons. The van der Waals surface area contributed by atoms with E-state index in [-0.39, 0.29) is 6.29 Å². The number of hydrogen-bond donors (Lipinski definition) is 0. The fourth-order valence-electron chi connectivity index (χ4n) is 2.52. The Morgan fingerprint density at radius 2 is 1.62 bits per heavy atom. The molecule has 2 nitrogen and oxygen atoms in total. The summed E-state index contributed by atoms with van der Waals surface area (Å²) in [5, 5.41) is 0. The van der Waals surface area contributed by atoms with E-state index in [0.29, 0.717) is 0 Å². The minimum absolute atomic E-state index is 0.0880. The molecule has 0 aromatic carbocycles. The van der Waals surface area contributed by atoms with Gasteiger partial charge in [0, 0.05) is 26.1 Å². The van der Waals surface area contributed by atoms with Crippen LogP contribution in [-0.4, -0.2) is 19.5 Å². The van der Waals surface area contributed by atoms with E-state index in [0.717, 1.165) is 32.5 Å². The average molecular weight is 294 g/mol. The molecule has 1 rings (SSSR count). The molecule has 1 atom stereocenters. The van der Waals surface area contributed by atoms with E-state index in [1.807, 2.05) is 0 Å². The fraction of sp³-hybridized carbons (Fsp3) is 0.895. The van der Waals surface area contributed by atoms with Crippen LogP contribution in [0.25, 0.3) is 0 Å². The molecule has 0 N–H and O–H groups in total. The molecule has 0 aromatic heterocycles. The number of rotatable bonds is 11. The van der Waals surface area contributed by atoms with Crippen molar-refractivity contribution in [3.8, 4) is 11.8 Å². The van der Waals surface area contributed by atoms with Gasteiger partial charge in [-0.05, 0) is 38.5 Å². The molecule has 0 saturated carbocycles. The van der Waals surface area contributed by atoms with E-state index in [1.54, 1.807) is 0 Å².